The first kappa shape index (κ1) is 42.0. The zero-order valence-electron chi connectivity index (χ0n) is 34.3. The summed E-state index contributed by atoms with van der Waals surface area (Å²) in [4.78, 5) is 4.58. The molecule has 0 fully saturated rings. The van der Waals surface area contributed by atoms with Crippen LogP contribution in [0, 0.1) is 13.8 Å². The molecule has 0 saturated heterocycles. The minimum absolute atomic E-state index is 0. The number of anilines is 6. The number of benzene rings is 8. The van der Waals surface area contributed by atoms with Crippen molar-refractivity contribution in [3.8, 4) is 22.3 Å². The topological polar surface area (TPSA) is 6.48 Å². The van der Waals surface area contributed by atoms with Crippen molar-refractivity contribution in [2.45, 2.75) is 27.7 Å². The van der Waals surface area contributed by atoms with Gasteiger partial charge in [0.1, 0.15) is 0 Å². The van der Waals surface area contributed by atoms with Crippen LogP contribution in [-0.2, 0) is 18.6 Å². The molecule has 8 rings (SSSR count). The van der Waals surface area contributed by atoms with Gasteiger partial charge in [-0.05, 0) is 134 Å². The van der Waals surface area contributed by atoms with Gasteiger partial charge < -0.3 is 9.80 Å². The molecule has 59 heavy (non-hydrogen) atoms. The molecule has 3 heteroatoms. The van der Waals surface area contributed by atoms with Crippen molar-refractivity contribution in [2.24, 2.45) is 0 Å². The first-order valence-corrected chi connectivity index (χ1v) is 20.0. The van der Waals surface area contributed by atoms with Crippen LogP contribution in [-0.4, -0.2) is 0 Å². The zero-order chi connectivity index (χ0) is 40.1. The molecule has 2 nitrogen and oxygen atoms in total. The zero-order valence-corrected chi connectivity index (χ0v) is 35.7. The molecular weight excluding hydrogens is 752 g/mol. The fourth-order valence-electron chi connectivity index (χ4n) is 7.30. The smallest absolute Gasteiger partial charge is 0.0467 e. The number of aryl methyl sites for hydroxylation is 2. The Morgan fingerprint density at radius 1 is 0.322 bits per heavy atom. The Morgan fingerprint density at radius 2 is 0.678 bits per heavy atom. The molecule has 0 N–H and O–H groups in total. The van der Waals surface area contributed by atoms with Crippen molar-refractivity contribution in [1.29, 1.82) is 0 Å². The number of para-hydroxylation sites is 4. The van der Waals surface area contributed by atoms with Crippen LogP contribution in [0.5, 0.6) is 0 Å². The Morgan fingerprint density at radius 3 is 1.08 bits per heavy atom. The second-order valence-corrected chi connectivity index (χ2v) is 14.3. The van der Waals surface area contributed by atoms with Crippen LogP contribution >= 0.6 is 0 Å². The van der Waals surface area contributed by atoms with E-state index in [0.29, 0.717) is 0 Å². The normalized spacial score (nSPS) is 10.8. The van der Waals surface area contributed by atoms with Crippen molar-refractivity contribution in [3.05, 3.63) is 241 Å². The quantitative estimate of drug-likeness (QED) is 0.136. The predicted octanol–water partition coefficient (Wildman–Crippen LogP) is 16.3. The fourth-order valence-corrected chi connectivity index (χ4v) is 7.30. The SMILES string of the molecule is C/C=C/c1ccc(C)cc1-c1ccc(N(c2ccccc2)c2ccccc2)cc1.C/C=C/c1ccc(C)cc1-c1cccc(N(c2ccccc2)c2ccccc2)c1.[V]. The molecule has 1 radical (unpaired) electrons. The van der Waals surface area contributed by atoms with E-state index >= 15 is 0 Å². The van der Waals surface area contributed by atoms with Gasteiger partial charge in [-0.2, -0.15) is 0 Å². The third-order valence-corrected chi connectivity index (χ3v) is 10.0. The number of hydrogen-bond acceptors (Lipinski definition) is 2. The van der Waals surface area contributed by atoms with Crippen LogP contribution in [0.3, 0.4) is 0 Å². The van der Waals surface area contributed by atoms with E-state index in [1.54, 1.807) is 0 Å². The molecule has 289 valence electrons. The largest absolute Gasteiger partial charge is 0.311 e. The van der Waals surface area contributed by atoms with Crippen LogP contribution in [0.4, 0.5) is 34.1 Å². The number of allylic oxidation sites excluding steroid dienone is 2. The molecule has 0 heterocycles. The summed E-state index contributed by atoms with van der Waals surface area (Å²) in [5, 5.41) is 0. The van der Waals surface area contributed by atoms with Crippen molar-refractivity contribution < 1.29 is 18.6 Å². The maximum atomic E-state index is 2.30. The predicted molar refractivity (Wildman–Crippen MR) is 252 cm³/mol. The average Bonchev–Trinajstić information content (AvgIpc) is 3.27. The van der Waals surface area contributed by atoms with Gasteiger partial charge in [0.15, 0.2) is 0 Å². The third kappa shape index (κ3) is 10.5. The second kappa shape index (κ2) is 20.7. The number of hydrogen-bond donors (Lipinski definition) is 0. The summed E-state index contributed by atoms with van der Waals surface area (Å²) in [5.74, 6) is 0. The van der Waals surface area contributed by atoms with Crippen LogP contribution in [0.1, 0.15) is 36.1 Å². The van der Waals surface area contributed by atoms with Gasteiger partial charge in [-0.3, -0.25) is 0 Å². The first-order valence-electron chi connectivity index (χ1n) is 20.0. The van der Waals surface area contributed by atoms with Gasteiger partial charge >= 0.3 is 0 Å². The van der Waals surface area contributed by atoms with E-state index < -0.39 is 0 Å². The molecular formula is C56H50N2V. The molecule has 8 aromatic carbocycles. The molecule has 0 bridgehead atoms. The molecule has 0 unspecified atom stereocenters. The first-order chi connectivity index (χ1) is 28.5. The summed E-state index contributed by atoms with van der Waals surface area (Å²) < 4.78 is 0. The van der Waals surface area contributed by atoms with E-state index in [9.17, 15) is 0 Å². The van der Waals surface area contributed by atoms with Crippen molar-refractivity contribution in [2.75, 3.05) is 9.80 Å². The summed E-state index contributed by atoms with van der Waals surface area (Å²) in [6.07, 6.45) is 8.53. The van der Waals surface area contributed by atoms with Gasteiger partial charge in [-0.15, -0.1) is 0 Å². The molecule has 0 spiro atoms. The molecule has 0 aliphatic rings. The van der Waals surface area contributed by atoms with E-state index in [1.165, 1.54) is 44.5 Å². The van der Waals surface area contributed by atoms with Gasteiger partial charge in [0.05, 0.1) is 0 Å². The van der Waals surface area contributed by atoms with Crippen molar-refractivity contribution in [3.63, 3.8) is 0 Å². The van der Waals surface area contributed by atoms with Crippen LogP contribution in [0.2, 0.25) is 0 Å². The minimum Gasteiger partial charge on any atom is -0.311 e. The summed E-state index contributed by atoms with van der Waals surface area (Å²) in [5.41, 5.74) is 16.9. The van der Waals surface area contributed by atoms with Crippen LogP contribution in [0.15, 0.2) is 218 Å². The van der Waals surface area contributed by atoms with Gasteiger partial charge in [0.25, 0.3) is 0 Å². The van der Waals surface area contributed by atoms with Crippen LogP contribution < -0.4 is 9.80 Å². The Kier molecular flexibility index (Phi) is 14.8. The molecule has 0 saturated carbocycles. The van der Waals surface area contributed by atoms with E-state index in [-0.39, 0.29) is 18.6 Å². The summed E-state index contributed by atoms with van der Waals surface area (Å²) in [6.45, 7) is 8.41. The van der Waals surface area contributed by atoms with E-state index in [0.717, 1.165) is 34.1 Å². The van der Waals surface area contributed by atoms with E-state index in [4.69, 9.17) is 0 Å². The van der Waals surface area contributed by atoms with E-state index in [1.807, 2.05) is 0 Å². The van der Waals surface area contributed by atoms with Crippen molar-refractivity contribution >= 4 is 46.3 Å². The molecule has 0 aliphatic heterocycles. The van der Waals surface area contributed by atoms with Crippen molar-refractivity contribution in [1.82, 2.24) is 0 Å². The van der Waals surface area contributed by atoms with Gasteiger partial charge in [-0.1, -0.05) is 169 Å². The Bertz CT molecular complexity index is 2500. The van der Waals surface area contributed by atoms with Gasteiger partial charge in [-0.25, -0.2) is 0 Å². The van der Waals surface area contributed by atoms with Gasteiger partial charge in [0, 0.05) is 52.7 Å². The molecule has 0 amide bonds. The molecule has 0 aliphatic carbocycles. The monoisotopic (exact) mass is 801 g/mol. The molecule has 0 aromatic heterocycles. The minimum atomic E-state index is 0. The second-order valence-electron chi connectivity index (χ2n) is 14.3. The Balaban J connectivity index is 0.000000195. The number of rotatable bonds is 10. The standard InChI is InChI=1S/2C28H25N.V/c1-3-11-23-19-18-22(2)20-28(23)24-12-10-17-27(21-24)29(25-13-6-4-7-14-25)26-15-8-5-9-16-26;1-3-10-23-16-15-22(2)21-28(23)24-17-19-27(20-18-24)29(25-11-6-4-7-12-25)26-13-8-5-9-14-26;/h2*3-21H,1-2H3;/b11-3+;10-3+;. The molecule has 0 atom stereocenters. The Hall–Kier alpha value is -6.58. The summed E-state index contributed by atoms with van der Waals surface area (Å²) >= 11 is 0. The van der Waals surface area contributed by atoms with Gasteiger partial charge in [0.2, 0.25) is 0 Å². The summed E-state index contributed by atoms with van der Waals surface area (Å²) in [6, 6.07) is 72.9. The average molecular weight is 802 g/mol. The Labute approximate surface area is 363 Å². The maximum absolute atomic E-state index is 2.30. The number of nitrogens with zero attached hydrogens (tertiary/aromatic N) is 2. The fraction of sp³-hybridized carbons (Fsp3) is 0.0714. The van der Waals surface area contributed by atoms with Crippen LogP contribution in [0.25, 0.3) is 34.4 Å². The molecule has 8 aromatic rings. The van der Waals surface area contributed by atoms with E-state index in [2.05, 4.69) is 268 Å². The third-order valence-electron chi connectivity index (χ3n) is 10.0. The maximum Gasteiger partial charge on any atom is 0.0467 e. The summed E-state index contributed by atoms with van der Waals surface area (Å²) in [7, 11) is 0.